The van der Waals surface area contributed by atoms with E-state index in [0.717, 1.165) is 8.68 Å². The van der Waals surface area contributed by atoms with Crippen LogP contribution in [0.15, 0.2) is 60.7 Å². The maximum atomic E-state index is 17.3. The second-order valence-electron chi connectivity index (χ2n) is 12.6. The first-order chi connectivity index (χ1) is 16.2. The maximum absolute atomic E-state index is 17.3. The number of benzene rings is 2. The molecule has 0 aliphatic carbocycles. The van der Waals surface area contributed by atoms with Gasteiger partial charge in [-0.2, -0.15) is 0 Å². The number of anilines is 2. The fourth-order valence-corrected chi connectivity index (χ4v) is 22.0. The van der Waals surface area contributed by atoms with Crippen molar-refractivity contribution in [1.82, 2.24) is 8.68 Å². The largest absolute Gasteiger partial charge is 0.659 e. The summed E-state index contributed by atoms with van der Waals surface area (Å²) in [5, 5.41) is -1.16. The summed E-state index contributed by atoms with van der Waals surface area (Å²) in [6.07, 6.45) is 0. The Balaban J connectivity index is 2.48. The Bertz CT molecular complexity index is 972. The summed E-state index contributed by atoms with van der Waals surface area (Å²) in [4.78, 5) is 0. The zero-order valence-electron chi connectivity index (χ0n) is 23.1. The lowest BCUT2D eigenvalue weighted by atomic mass is 10.2. The van der Waals surface area contributed by atoms with Gasteiger partial charge in [-0.1, -0.05) is 104 Å². The van der Waals surface area contributed by atoms with Gasteiger partial charge in [-0.3, -0.25) is 0 Å². The van der Waals surface area contributed by atoms with Crippen molar-refractivity contribution in [3.05, 3.63) is 60.7 Å². The van der Waals surface area contributed by atoms with Crippen molar-refractivity contribution in [2.45, 2.75) is 77.8 Å². The van der Waals surface area contributed by atoms with Gasteiger partial charge in [0.1, 0.15) is 16.5 Å². The molecule has 0 aromatic heterocycles. The van der Waals surface area contributed by atoms with Crippen LogP contribution in [-0.2, 0) is 0 Å². The van der Waals surface area contributed by atoms with Crippen molar-refractivity contribution in [2.75, 3.05) is 9.35 Å². The van der Waals surface area contributed by atoms with E-state index in [4.69, 9.17) is 0 Å². The van der Waals surface area contributed by atoms with Gasteiger partial charge in [0.25, 0.3) is 0 Å². The lowest BCUT2D eigenvalue weighted by Gasteiger charge is -2.66. The molecule has 0 N–H and O–H groups in total. The third-order valence-corrected chi connectivity index (χ3v) is 27.3. The highest BCUT2D eigenvalue weighted by molar-refractivity contribution is 6.98. The lowest BCUT2D eigenvalue weighted by molar-refractivity contribution is 0.200. The molecule has 0 bridgehead atoms. The number of halogens is 4. The number of hydrogen-bond donors (Lipinski definition) is 0. The van der Waals surface area contributed by atoms with Gasteiger partial charge in [0, 0.05) is 0 Å². The van der Waals surface area contributed by atoms with Gasteiger partial charge in [-0.15, -0.1) is 0 Å². The number of nitrogens with zero attached hydrogens (tertiary/aromatic N) is 4. The molecule has 1 aliphatic rings. The predicted octanol–water partition coefficient (Wildman–Crippen LogP) is 8.21. The Morgan fingerprint density at radius 1 is 0.528 bits per heavy atom. The third kappa shape index (κ3) is 4.53. The SMILES string of the molecule is CC(C)(C)[Si](C)(C)N1N([Si](C)(C)C(C)(C)C)[Si](F)(F)N(c2ccccc2)N(c2ccccc2)[Si]1(F)F. The molecule has 4 nitrogen and oxygen atoms in total. The Kier molecular flexibility index (Phi) is 7.35. The van der Waals surface area contributed by atoms with Crippen molar-refractivity contribution >= 4 is 46.0 Å². The van der Waals surface area contributed by atoms with Crippen LogP contribution in [0.4, 0.5) is 27.8 Å². The fraction of sp³-hybridized carbons (Fsp3) is 0.500. The zero-order valence-corrected chi connectivity index (χ0v) is 27.1. The molecule has 36 heavy (non-hydrogen) atoms. The van der Waals surface area contributed by atoms with Crippen LogP contribution in [0, 0.1) is 0 Å². The number of para-hydroxylation sites is 2. The van der Waals surface area contributed by atoms with E-state index < -0.39 is 44.7 Å². The van der Waals surface area contributed by atoms with Gasteiger partial charge in [0.05, 0.1) is 11.4 Å². The van der Waals surface area contributed by atoms with Crippen molar-refractivity contribution in [3.8, 4) is 0 Å². The summed E-state index contributed by atoms with van der Waals surface area (Å²) in [5.41, 5.74) is 0.174. The van der Waals surface area contributed by atoms with Gasteiger partial charge in [0.2, 0.25) is 0 Å². The van der Waals surface area contributed by atoms with Crippen molar-refractivity contribution in [1.29, 1.82) is 0 Å². The second-order valence-corrected chi connectivity index (χ2v) is 27.3. The average molecular weight is 573 g/mol. The summed E-state index contributed by atoms with van der Waals surface area (Å²) in [6, 6.07) is 15.9. The Hall–Kier alpha value is -1.45. The van der Waals surface area contributed by atoms with Gasteiger partial charge in [-0.25, -0.2) is 34.5 Å². The highest BCUT2D eigenvalue weighted by atomic mass is 28.5. The zero-order chi connectivity index (χ0) is 27.5. The Morgan fingerprint density at radius 3 is 1.00 bits per heavy atom. The molecule has 3 rings (SSSR count). The van der Waals surface area contributed by atoms with E-state index >= 15 is 16.4 Å². The number of rotatable bonds is 4. The first kappa shape index (κ1) is 29.1. The molecular weight excluding hydrogens is 533 g/mol. The second kappa shape index (κ2) is 9.08. The molecule has 2 aromatic rings. The first-order valence-corrected chi connectivity index (χ1v) is 21.5. The van der Waals surface area contributed by atoms with E-state index in [9.17, 15) is 0 Å². The molecule has 0 atom stereocenters. The average Bonchev–Trinajstić information content (AvgIpc) is 2.73. The van der Waals surface area contributed by atoms with Gasteiger partial charge < -0.3 is 0 Å². The summed E-state index contributed by atoms with van der Waals surface area (Å²) in [6.45, 7) is 18.7. The Morgan fingerprint density at radius 2 is 0.778 bits per heavy atom. The summed E-state index contributed by atoms with van der Waals surface area (Å²) in [7, 11) is -17.9. The van der Waals surface area contributed by atoms with E-state index in [2.05, 4.69) is 0 Å². The van der Waals surface area contributed by atoms with Gasteiger partial charge >= 0.3 is 18.1 Å². The van der Waals surface area contributed by atoms with Gasteiger partial charge in [-0.05, 0) is 34.3 Å². The molecule has 2 aromatic carbocycles. The molecule has 200 valence electrons. The minimum Gasteiger partial charge on any atom is -0.245 e. The molecule has 0 saturated carbocycles. The van der Waals surface area contributed by atoms with Crippen molar-refractivity contribution < 1.29 is 16.4 Å². The number of hydrazine groups is 2. The molecule has 0 spiro atoms. The molecule has 0 amide bonds. The third-order valence-electron chi connectivity index (χ3n) is 8.15. The van der Waals surface area contributed by atoms with Crippen LogP contribution in [-0.4, -0.2) is 43.3 Å². The molecule has 0 radical (unpaired) electrons. The van der Waals surface area contributed by atoms with E-state index in [1.165, 1.54) is 24.3 Å². The van der Waals surface area contributed by atoms with Gasteiger partial charge in [0.15, 0.2) is 0 Å². The predicted molar refractivity (Wildman–Crippen MR) is 152 cm³/mol. The van der Waals surface area contributed by atoms with Crippen molar-refractivity contribution in [2.24, 2.45) is 0 Å². The Labute approximate surface area is 218 Å². The molecule has 0 unspecified atom stereocenters. The van der Waals surface area contributed by atoms with Crippen LogP contribution in [0.5, 0.6) is 0 Å². The molecule has 1 heterocycles. The highest BCUT2D eigenvalue weighted by Crippen LogP contribution is 2.54. The minimum absolute atomic E-state index is 0.0868. The van der Waals surface area contributed by atoms with Crippen LogP contribution >= 0.6 is 0 Å². The van der Waals surface area contributed by atoms with Crippen LogP contribution in [0.3, 0.4) is 0 Å². The lowest BCUT2D eigenvalue weighted by Crippen LogP contribution is -2.93. The normalized spacial score (nSPS) is 20.1. The van der Waals surface area contributed by atoms with Crippen LogP contribution < -0.4 is 9.35 Å². The molecule has 1 aliphatic heterocycles. The minimum atomic E-state index is -5.75. The quantitative estimate of drug-likeness (QED) is 0.208. The summed E-state index contributed by atoms with van der Waals surface area (Å²) >= 11 is 0. The molecular formula is C24H40F4N4Si4. The highest BCUT2D eigenvalue weighted by Gasteiger charge is 2.79. The first-order valence-electron chi connectivity index (χ1n) is 12.3. The van der Waals surface area contributed by atoms with Crippen LogP contribution in [0.1, 0.15) is 41.5 Å². The standard InChI is InChI=1S/C24H40F4N4Si4/c1-23(2,3)33(7,8)31-32(34(9,10)24(4,5)6)36(27,28)30(22-19-15-12-16-20-22)29(35(31,25)26)21-17-13-11-14-18-21/h11-20H,1-10H3. The maximum Gasteiger partial charge on any atom is 0.659 e. The molecule has 1 saturated heterocycles. The van der Waals surface area contributed by atoms with E-state index in [1.807, 2.05) is 67.7 Å². The van der Waals surface area contributed by atoms with Crippen LogP contribution in [0.25, 0.3) is 0 Å². The number of hydrogen-bond acceptors (Lipinski definition) is 4. The van der Waals surface area contributed by atoms with E-state index in [-0.39, 0.29) is 11.4 Å². The summed E-state index contributed by atoms with van der Waals surface area (Å²) < 4.78 is 72.8. The van der Waals surface area contributed by atoms with Crippen LogP contribution in [0.2, 0.25) is 36.3 Å². The fourth-order valence-electron chi connectivity index (χ4n) is 4.15. The van der Waals surface area contributed by atoms with Crippen molar-refractivity contribution in [3.63, 3.8) is 0 Å². The molecule has 12 heteroatoms. The van der Waals surface area contributed by atoms with E-state index in [0.29, 0.717) is 9.35 Å². The topological polar surface area (TPSA) is 13.0 Å². The monoisotopic (exact) mass is 572 g/mol. The summed E-state index contributed by atoms with van der Waals surface area (Å²) in [5.74, 6) is 0. The molecule has 1 fully saturated rings. The smallest absolute Gasteiger partial charge is 0.245 e. The van der Waals surface area contributed by atoms with E-state index in [1.54, 1.807) is 36.4 Å².